The molecule has 1 N–H and O–H groups in total. The van der Waals surface area contributed by atoms with Gasteiger partial charge >= 0.3 is 0 Å². The fourth-order valence-corrected chi connectivity index (χ4v) is 3.37. The molecule has 1 unspecified atom stereocenters. The second-order valence-corrected chi connectivity index (χ2v) is 5.86. The Morgan fingerprint density at radius 3 is 2.72 bits per heavy atom. The van der Waals surface area contributed by atoms with E-state index in [4.69, 9.17) is 0 Å². The van der Waals surface area contributed by atoms with Crippen molar-refractivity contribution in [3.8, 4) is 0 Å². The highest BCUT2D eigenvalue weighted by molar-refractivity contribution is 5.04. The molecule has 0 amide bonds. The molecule has 100 valence electrons. The third kappa shape index (κ3) is 2.44. The number of aromatic nitrogens is 3. The fourth-order valence-electron chi connectivity index (χ4n) is 3.37. The molecule has 1 saturated carbocycles. The SMILES string of the molecule is CC1NCCn2c(CC3CCCCCC3)nnc21. The van der Waals surface area contributed by atoms with Gasteiger partial charge in [0.1, 0.15) is 11.6 Å². The average Bonchev–Trinajstić information content (AvgIpc) is 2.61. The van der Waals surface area contributed by atoms with E-state index in [1.807, 2.05) is 0 Å². The summed E-state index contributed by atoms with van der Waals surface area (Å²) >= 11 is 0. The molecule has 0 spiro atoms. The molecule has 2 heterocycles. The number of rotatable bonds is 2. The van der Waals surface area contributed by atoms with Crippen LogP contribution in [0, 0.1) is 5.92 Å². The van der Waals surface area contributed by atoms with Crippen molar-refractivity contribution in [2.45, 2.75) is 64.5 Å². The smallest absolute Gasteiger partial charge is 0.149 e. The Balaban J connectivity index is 1.72. The minimum atomic E-state index is 0.356. The zero-order valence-electron chi connectivity index (χ0n) is 11.4. The Morgan fingerprint density at radius 2 is 1.94 bits per heavy atom. The third-order valence-electron chi connectivity index (χ3n) is 4.48. The lowest BCUT2D eigenvalue weighted by Crippen LogP contribution is -2.32. The molecule has 1 aliphatic heterocycles. The van der Waals surface area contributed by atoms with E-state index in [2.05, 4.69) is 27.0 Å². The van der Waals surface area contributed by atoms with E-state index in [9.17, 15) is 0 Å². The predicted octanol–water partition coefficient (Wildman–Crippen LogP) is 2.46. The van der Waals surface area contributed by atoms with Gasteiger partial charge in [-0.1, -0.05) is 38.5 Å². The first kappa shape index (κ1) is 12.2. The summed E-state index contributed by atoms with van der Waals surface area (Å²) in [4.78, 5) is 0. The number of nitrogens with one attached hydrogen (secondary N) is 1. The van der Waals surface area contributed by atoms with Crippen molar-refractivity contribution in [2.75, 3.05) is 6.54 Å². The van der Waals surface area contributed by atoms with Crippen LogP contribution in [0.4, 0.5) is 0 Å². The molecule has 1 aliphatic carbocycles. The van der Waals surface area contributed by atoms with Gasteiger partial charge in [0, 0.05) is 19.5 Å². The summed E-state index contributed by atoms with van der Waals surface area (Å²) in [7, 11) is 0. The van der Waals surface area contributed by atoms with E-state index < -0.39 is 0 Å². The molecule has 0 aromatic carbocycles. The Bertz CT molecular complexity index is 390. The quantitative estimate of drug-likeness (QED) is 0.818. The van der Waals surface area contributed by atoms with Gasteiger partial charge in [-0.05, 0) is 12.8 Å². The predicted molar refractivity (Wildman–Crippen MR) is 71.3 cm³/mol. The van der Waals surface area contributed by atoms with Crippen molar-refractivity contribution in [2.24, 2.45) is 5.92 Å². The molecule has 2 aliphatic rings. The molecule has 4 nitrogen and oxygen atoms in total. The highest BCUT2D eigenvalue weighted by Crippen LogP contribution is 2.26. The van der Waals surface area contributed by atoms with Crippen LogP contribution >= 0.6 is 0 Å². The van der Waals surface area contributed by atoms with E-state index in [1.165, 1.54) is 44.3 Å². The van der Waals surface area contributed by atoms with E-state index >= 15 is 0 Å². The van der Waals surface area contributed by atoms with Crippen molar-refractivity contribution in [3.05, 3.63) is 11.6 Å². The van der Waals surface area contributed by atoms with Gasteiger partial charge in [0.25, 0.3) is 0 Å². The maximum absolute atomic E-state index is 4.45. The Kier molecular flexibility index (Phi) is 3.64. The zero-order valence-corrected chi connectivity index (χ0v) is 11.4. The molecular weight excluding hydrogens is 224 g/mol. The van der Waals surface area contributed by atoms with Crippen molar-refractivity contribution >= 4 is 0 Å². The highest BCUT2D eigenvalue weighted by Gasteiger charge is 2.23. The van der Waals surface area contributed by atoms with Crippen LogP contribution in [0.1, 0.15) is 63.1 Å². The van der Waals surface area contributed by atoms with Gasteiger partial charge in [-0.2, -0.15) is 0 Å². The number of hydrogen-bond donors (Lipinski definition) is 1. The molecule has 18 heavy (non-hydrogen) atoms. The van der Waals surface area contributed by atoms with E-state index in [1.54, 1.807) is 0 Å². The number of nitrogens with zero attached hydrogens (tertiary/aromatic N) is 3. The minimum Gasteiger partial charge on any atom is -0.312 e. The summed E-state index contributed by atoms with van der Waals surface area (Å²) in [5, 5.41) is 12.3. The van der Waals surface area contributed by atoms with Crippen LogP contribution in [0.25, 0.3) is 0 Å². The molecular formula is C14H24N4. The molecule has 4 heteroatoms. The number of hydrogen-bond acceptors (Lipinski definition) is 3. The third-order valence-corrected chi connectivity index (χ3v) is 4.48. The van der Waals surface area contributed by atoms with Crippen molar-refractivity contribution in [1.29, 1.82) is 0 Å². The van der Waals surface area contributed by atoms with E-state index in [0.717, 1.165) is 31.3 Å². The Labute approximate surface area is 109 Å². The Morgan fingerprint density at radius 1 is 1.17 bits per heavy atom. The lowest BCUT2D eigenvalue weighted by Gasteiger charge is -2.23. The molecule has 0 bridgehead atoms. The summed E-state index contributed by atoms with van der Waals surface area (Å²) in [5.74, 6) is 3.20. The zero-order chi connectivity index (χ0) is 12.4. The molecule has 1 fully saturated rings. The minimum absolute atomic E-state index is 0.356. The van der Waals surface area contributed by atoms with Gasteiger partial charge in [-0.25, -0.2) is 0 Å². The van der Waals surface area contributed by atoms with Gasteiger partial charge in [0.05, 0.1) is 6.04 Å². The first-order chi connectivity index (χ1) is 8.84. The second-order valence-electron chi connectivity index (χ2n) is 5.86. The van der Waals surface area contributed by atoms with E-state index in [-0.39, 0.29) is 0 Å². The first-order valence-electron chi connectivity index (χ1n) is 7.50. The van der Waals surface area contributed by atoms with Crippen LogP contribution in [0.15, 0.2) is 0 Å². The normalized spacial score (nSPS) is 25.7. The summed E-state index contributed by atoms with van der Waals surface area (Å²) in [6.07, 6.45) is 9.57. The maximum atomic E-state index is 4.45. The van der Waals surface area contributed by atoms with Crippen LogP contribution < -0.4 is 5.32 Å². The van der Waals surface area contributed by atoms with Crippen molar-refractivity contribution in [1.82, 2.24) is 20.1 Å². The first-order valence-corrected chi connectivity index (χ1v) is 7.50. The van der Waals surface area contributed by atoms with Gasteiger partial charge in [0.15, 0.2) is 0 Å². The average molecular weight is 248 g/mol. The largest absolute Gasteiger partial charge is 0.312 e. The summed E-state index contributed by atoms with van der Waals surface area (Å²) in [6, 6.07) is 0.356. The maximum Gasteiger partial charge on any atom is 0.149 e. The molecule has 1 aromatic heterocycles. The van der Waals surface area contributed by atoms with E-state index in [0.29, 0.717) is 6.04 Å². The van der Waals surface area contributed by atoms with Crippen LogP contribution in [-0.4, -0.2) is 21.3 Å². The van der Waals surface area contributed by atoms with Crippen LogP contribution in [0.2, 0.25) is 0 Å². The van der Waals surface area contributed by atoms with Gasteiger partial charge in [0.2, 0.25) is 0 Å². The summed E-state index contributed by atoms with van der Waals surface area (Å²) in [6.45, 7) is 4.26. The monoisotopic (exact) mass is 248 g/mol. The Hall–Kier alpha value is -0.900. The van der Waals surface area contributed by atoms with Gasteiger partial charge in [-0.3, -0.25) is 0 Å². The van der Waals surface area contributed by atoms with Crippen LogP contribution in [0.5, 0.6) is 0 Å². The summed E-state index contributed by atoms with van der Waals surface area (Å²) in [5.41, 5.74) is 0. The number of fused-ring (bicyclic) bond motifs is 1. The fraction of sp³-hybridized carbons (Fsp3) is 0.857. The highest BCUT2D eigenvalue weighted by atomic mass is 15.3. The lowest BCUT2D eigenvalue weighted by molar-refractivity contribution is 0.404. The van der Waals surface area contributed by atoms with Crippen LogP contribution in [0.3, 0.4) is 0 Å². The van der Waals surface area contributed by atoms with Crippen molar-refractivity contribution < 1.29 is 0 Å². The standard InChI is InChI=1S/C14H24N4/c1-11-14-17-16-13(18(14)9-8-15-11)10-12-6-4-2-3-5-7-12/h11-12,15H,2-10H2,1H3. The molecule has 1 aromatic rings. The van der Waals surface area contributed by atoms with Crippen LogP contribution in [-0.2, 0) is 13.0 Å². The van der Waals surface area contributed by atoms with Gasteiger partial charge in [-0.15, -0.1) is 10.2 Å². The topological polar surface area (TPSA) is 42.7 Å². The second kappa shape index (κ2) is 5.39. The van der Waals surface area contributed by atoms with Crippen molar-refractivity contribution in [3.63, 3.8) is 0 Å². The lowest BCUT2D eigenvalue weighted by atomic mass is 9.96. The molecule has 1 atom stereocenters. The van der Waals surface area contributed by atoms with Gasteiger partial charge < -0.3 is 9.88 Å². The molecule has 3 rings (SSSR count). The molecule has 0 saturated heterocycles. The summed E-state index contributed by atoms with van der Waals surface area (Å²) < 4.78 is 2.35. The molecule has 0 radical (unpaired) electrons.